The molecule has 7 heteroatoms. The molecule has 0 saturated carbocycles. The topological polar surface area (TPSA) is 67.3 Å². The molecule has 0 atom stereocenters. The number of nitrogens with zero attached hydrogens (tertiary/aromatic N) is 3. The molecule has 0 spiro atoms. The fraction of sp³-hybridized carbons (Fsp3) is 0.333. The van der Waals surface area contributed by atoms with Crippen LogP contribution in [0, 0.1) is 0 Å². The number of carbonyl (C=O) groups excluding carboxylic acids is 1. The second-order valence-electron chi connectivity index (χ2n) is 4.97. The number of amides is 1. The SMILES string of the molecule is CCOC(=O)NC(=S)N1CCc2nc3ncccc3cc2C1. The molecular formula is C15H16N4O2S. The molecule has 2 aromatic rings. The molecule has 3 rings (SSSR count). The van der Waals surface area contributed by atoms with E-state index in [2.05, 4.69) is 21.4 Å². The van der Waals surface area contributed by atoms with Crippen molar-refractivity contribution in [3.63, 3.8) is 0 Å². The number of rotatable bonds is 1. The molecule has 0 fully saturated rings. The van der Waals surface area contributed by atoms with Gasteiger partial charge in [-0.25, -0.2) is 14.8 Å². The van der Waals surface area contributed by atoms with Gasteiger partial charge in [-0.05, 0) is 42.9 Å². The van der Waals surface area contributed by atoms with Crippen molar-refractivity contribution < 1.29 is 9.53 Å². The third-order valence-corrected chi connectivity index (χ3v) is 3.87. The van der Waals surface area contributed by atoms with Gasteiger partial charge < -0.3 is 9.64 Å². The van der Waals surface area contributed by atoms with E-state index in [4.69, 9.17) is 17.0 Å². The lowest BCUT2D eigenvalue weighted by Crippen LogP contribution is -2.45. The van der Waals surface area contributed by atoms with Crippen molar-refractivity contribution in [2.75, 3.05) is 13.2 Å². The highest BCUT2D eigenvalue weighted by molar-refractivity contribution is 7.80. The van der Waals surface area contributed by atoms with Crippen molar-refractivity contribution in [3.05, 3.63) is 35.7 Å². The van der Waals surface area contributed by atoms with Gasteiger partial charge in [0.1, 0.15) is 0 Å². The maximum atomic E-state index is 11.4. The van der Waals surface area contributed by atoms with Crippen LogP contribution in [0.2, 0.25) is 0 Å². The van der Waals surface area contributed by atoms with Crippen molar-refractivity contribution in [1.29, 1.82) is 0 Å². The summed E-state index contributed by atoms with van der Waals surface area (Å²) in [6.07, 6.45) is 2.00. The molecule has 3 heterocycles. The molecule has 1 amide bonds. The van der Waals surface area contributed by atoms with Gasteiger partial charge in [-0.3, -0.25) is 5.32 Å². The fourth-order valence-electron chi connectivity index (χ4n) is 2.47. The Morgan fingerprint density at radius 1 is 1.55 bits per heavy atom. The summed E-state index contributed by atoms with van der Waals surface area (Å²) >= 11 is 5.27. The number of carbonyl (C=O) groups is 1. The Hall–Kier alpha value is -2.28. The van der Waals surface area contributed by atoms with Crippen LogP contribution in [0.4, 0.5) is 4.79 Å². The number of alkyl carbamates (subject to hydrolysis) is 1. The summed E-state index contributed by atoms with van der Waals surface area (Å²) in [6, 6.07) is 5.97. The average Bonchev–Trinajstić information content (AvgIpc) is 2.52. The molecule has 0 aliphatic carbocycles. The summed E-state index contributed by atoms with van der Waals surface area (Å²) in [5.74, 6) is 0. The average molecular weight is 316 g/mol. The maximum Gasteiger partial charge on any atom is 0.413 e. The standard InChI is InChI=1S/C15H16N4O2S/c1-2-21-15(20)18-14(22)19-7-5-12-11(9-19)8-10-4-3-6-16-13(10)17-12/h3-4,6,8H,2,5,7,9H2,1H3,(H,18,20,22). The number of nitrogens with one attached hydrogen (secondary N) is 1. The van der Waals surface area contributed by atoms with Gasteiger partial charge in [0, 0.05) is 36.8 Å². The lowest BCUT2D eigenvalue weighted by atomic mass is 10.0. The van der Waals surface area contributed by atoms with Crippen LogP contribution >= 0.6 is 12.2 Å². The molecule has 0 aromatic carbocycles. The minimum absolute atomic E-state index is 0.320. The van der Waals surface area contributed by atoms with Gasteiger partial charge in [0.15, 0.2) is 10.8 Å². The molecule has 22 heavy (non-hydrogen) atoms. The lowest BCUT2D eigenvalue weighted by Gasteiger charge is -2.30. The Bertz CT molecular complexity index is 735. The van der Waals surface area contributed by atoms with Crippen molar-refractivity contribution in [3.8, 4) is 0 Å². The van der Waals surface area contributed by atoms with E-state index in [1.54, 1.807) is 13.1 Å². The van der Waals surface area contributed by atoms with E-state index in [0.717, 1.165) is 28.7 Å². The highest BCUT2D eigenvalue weighted by atomic mass is 32.1. The van der Waals surface area contributed by atoms with Crippen LogP contribution < -0.4 is 5.32 Å². The van der Waals surface area contributed by atoms with E-state index in [0.29, 0.717) is 24.8 Å². The Balaban J connectivity index is 1.77. The summed E-state index contributed by atoms with van der Waals surface area (Å²) in [7, 11) is 0. The van der Waals surface area contributed by atoms with E-state index in [1.165, 1.54) is 0 Å². The summed E-state index contributed by atoms with van der Waals surface area (Å²) < 4.78 is 4.85. The first-order valence-electron chi connectivity index (χ1n) is 7.13. The van der Waals surface area contributed by atoms with E-state index < -0.39 is 6.09 Å². The van der Waals surface area contributed by atoms with E-state index in [9.17, 15) is 4.79 Å². The summed E-state index contributed by atoms with van der Waals surface area (Å²) in [5, 5.41) is 3.97. The molecule has 114 valence electrons. The van der Waals surface area contributed by atoms with Gasteiger partial charge in [-0.1, -0.05) is 0 Å². The first kappa shape index (κ1) is 14.6. The van der Waals surface area contributed by atoms with Crippen molar-refractivity contribution in [2.24, 2.45) is 0 Å². The predicted octanol–water partition coefficient (Wildman–Crippen LogP) is 2.02. The van der Waals surface area contributed by atoms with E-state index in [1.807, 2.05) is 17.0 Å². The predicted molar refractivity (Wildman–Crippen MR) is 86.4 cm³/mol. The molecule has 0 saturated heterocycles. The first-order chi connectivity index (χ1) is 10.7. The normalized spacial score (nSPS) is 13.6. The molecule has 0 unspecified atom stereocenters. The third-order valence-electron chi connectivity index (χ3n) is 3.51. The van der Waals surface area contributed by atoms with Gasteiger partial charge >= 0.3 is 6.09 Å². The molecule has 1 aliphatic rings. The molecule has 0 radical (unpaired) electrons. The van der Waals surface area contributed by atoms with Crippen LogP contribution in [-0.2, 0) is 17.7 Å². The number of hydrogen-bond acceptors (Lipinski definition) is 5. The Labute approximate surface area is 133 Å². The van der Waals surface area contributed by atoms with Gasteiger partial charge in [-0.15, -0.1) is 0 Å². The Morgan fingerprint density at radius 3 is 3.23 bits per heavy atom. The lowest BCUT2D eigenvalue weighted by molar-refractivity contribution is 0.156. The van der Waals surface area contributed by atoms with Gasteiger partial charge in [0.2, 0.25) is 0 Å². The number of ether oxygens (including phenoxy) is 1. The Kier molecular flexibility index (Phi) is 4.15. The van der Waals surface area contributed by atoms with Crippen molar-refractivity contribution in [1.82, 2.24) is 20.2 Å². The summed E-state index contributed by atoms with van der Waals surface area (Å²) in [6.45, 7) is 3.41. The molecule has 2 aromatic heterocycles. The molecule has 6 nitrogen and oxygen atoms in total. The van der Waals surface area contributed by atoms with E-state index in [-0.39, 0.29) is 0 Å². The zero-order chi connectivity index (χ0) is 15.5. The summed E-state index contributed by atoms with van der Waals surface area (Å²) in [5.41, 5.74) is 2.92. The quantitative estimate of drug-likeness (QED) is 0.812. The van der Waals surface area contributed by atoms with Crippen LogP contribution in [0.25, 0.3) is 11.0 Å². The van der Waals surface area contributed by atoms with Crippen LogP contribution in [0.5, 0.6) is 0 Å². The monoisotopic (exact) mass is 316 g/mol. The number of aromatic nitrogens is 2. The van der Waals surface area contributed by atoms with Gasteiger partial charge in [0.25, 0.3) is 0 Å². The molecule has 0 bridgehead atoms. The highest BCUT2D eigenvalue weighted by Gasteiger charge is 2.21. The number of pyridine rings is 2. The van der Waals surface area contributed by atoms with Crippen LogP contribution in [0.1, 0.15) is 18.2 Å². The zero-order valence-electron chi connectivity index (χ0n) is 12.2. The highest BCUT2D eigenvalue weighted by Crippen LogP contribution is 2.21. The molecule has 1 N–H and O–H groups in total. The van der Waals surface area contributed by atoms with Crippen LogP contribution in [0.3, 0.4) is 0 Å². The number of hydrogen-bond donors (Lipinski definition) is 1. The fourth-order valence-corrected chi connectivity index (χ4v) is 2.71. The molecule has 1 aliphatic heterocycles. The van der Waals surface area contributed by atoms with Crippen molar-refractivity contribution in [2.45, 2.75) is 19.9 Å². The second-order valence-corrected chi connectivity index (χ2v) is 5.35. The Morgan fingerprint density at radius 2 is 2.41 bits per heavy atom. The van der Waals surface area contributed by atoms with Gasteiger partial charge in [-0.2, -0.15) is 0 Å². The number of thiocarbonyl (C=S) groups is 1. The minimum Gasteiger partial charge on any atom is -0.450 e. The maximum absolute atomic E-state index is 11.4. The first-order valence-corrected chi connectivity index (χ1v) is 7.54. The zero-order valence-corrected chi connectivity index (χ0v) is 13.0. The number of fused-ring (bicyclic) bond motifs is 2. The minimum atomic E-state index is -0.515. The molecular weight excluding hydrogens is 300 g/mol. The smallest absolute Gasteiger partial charge is 0.413 e. The largest absolute Gasteiger partial charge is 0.450 e. The second kappa shape index (κ2) is 6.23. The van der Waals surface area contributed by atoms with Crippen LogP contribution in [-0.4, -0.2) is 39.2 Å². The summed E-state index contributed by atoms with van der Waals surface area (Å²) in [4.78, 5) is 22.3. The third kappa shape index (κ3) is 2.99. The van der Waals surface area contributed by atoms with Crippen molar-refractivity contribution >= 4 is 34.5 Å². The van der Waals surface area contributed by atoms with Crippen LogP contribution in [0.15, 0.2) is 24.4 Å². The van der Waals surface area contributed by atoms with E-state index >= 15 is 0 Å². The van der Waals surface area contributed by atoms with Gasteiger partial charge in [0.05, 0.1) is 6.61 Å².